The van der Waals surface area contributed by atoms with Gasteiger partial charge in [-0.3, -0.25) is 23.0 Å². The topological polar surface area (TPSA) is 336 Å². The molecule has 0 radical (unpaired) electrons. The van der Waals surface area contributed by atoms with E-state index in [4.69, 9.17) is 4.55 Å². The maximum absolute atomic E-state index is 14.4. The van der Waals surface area contributed by atoms with Gasteiger partial charge in [0, 0.05) is 23.5 Å². The molecule has 6 N–H and O–H groups in total. The Bertz CT molecular complexity index is 2600. The summed E-state index contributed by atoms with van der Waals surface area (Å²) in [6.45, 7) is 1.61. The Balaban J connectivity index is 1.64. The van der Waals surface area contributed by atoms with Gasteiger partial charge < -0.3 is 15.7 Å². The van der Waals surface area contributed by atoms with Crippen molar-refractivity contribution in [1.29, 1.82) is 0 Å². The van der Waals surface area contributed by atoms with Gasteiger partial charge in [-0.05, 0) is 61.9 Å². The van der Waals surface area contributed by atoms with Crippen molar-refractivity contribution < 1.29 is 61.0 Å². The highest BCUT2D eigenvalue weighted by atomic mass is 32.3. The maximum Gasteiger partial charge on any atom is 0.397 e. The number of aromatic nitrogens is 4. The van der Waals surface area contributed by atoms with Crippen LogP contribution in [0.3, 0.4) is 0 Å². The standard InChI is InChI=1S/C26H27FN8O14S4/c1-3-35-22(36)18(13-51(40,41)42)14(2)21(23(35)37)34-33-19-12-16(6-9-20(19)52(43,44)45)29-26-31-24(27)30-25(32-26)28-15-4-7-17(8-5-15)50(38,39)11-10-49-53(46,47)48/h4-9,12,36H,3,10-11,13H2,1-2H3,(H,40,41,42)(H,43,44,45)(H,46,47,48)(H2,28,29,30,31,32). The molecule has 4 aromatic rings. The van der Waals surface area contributed by atoms with Crippen molar-refractivity contribution in [2.75, 3.05) is 23.0 Å². The molecule has 53 heavy (non-hydrogen) atoms. The molecule has 2 heterocycles. The molecule has 0 bridgehead atoms. The highest BCUT2D eigenvalue weighted by Gasteiger charge is 2.23. The number of benzene rings is 2. The van der Waals surface area contributed by atoms with Gasteiger partial charge in [-0.1, -0.05) is 0 Å². The van der Waals surface area contributed by atoms with Crippen LogP contribution in [0.4, 0.5) is 39.0 Å². The fourth-order valence-electron chi connectivity index (χ4n) is 4.45. The Hall–Kier alpha value is -5.03. The largest absolute Gasteiger partial charge is 0.494 e. The molecule has 27 heteroatoms. The van der Waals surface area contributed by atoms with Crippen molar-refractivity contribution in [1.82, 2.24) is 19.5 Å². The molecule has 22 nitrogen and oxygen atoms in total. The van der Waals surface area contributed by atoms with Crippen LogP contribution in [-0.4, -0.2) is 84.3 Å². The number of hydrogen-bond donors (Lipinski definition) is 6. The number of anilines is 4. The fourth-order valence-corrected chi connectivity index (χ4v) is 7.26. The van der Waals surface area contributed by atoms with E-state index in [1.807, 2.05) is 0 Å². The van der Waals surface area contributed by atoms with E-state index in [2.05, 4.69) is 40.0 Å². The molecule has 0 saturated heterocycles. The molecule has 286 valence electrons. The molecule has 0 aliphatic carbocycles. The first-order valence-corrected chi connectivity index (χ1v) is 20.4. The Labute approximate surface area is 299 Å². The predicted octanol–water partition coefficient (Wildman–Crippen LogP) is 2.34. The number of nitrogens with zero attached hydrogens (tertiary/aromatic N) is 6. The number of nitrogens with one attached hydrogen (secondary N) is 2. The predicted molar refractivity (Wildman–Crippen MR) is 181 cm³/mol. The minimum atomic E-state index is -4.98. The zero-order valence-electron chi connectivity index (χ0n) is 26.9. The van der Waals surface area contributed by atoms with Crippen LogP contribution in [0.25, 0.3) is 0 Å². The van der Waals surface area contributed by atoms with Crippen LogP contribution in [0, 0.1) is 13.0 Å². The van der Waals surface area contributed by atoms with Gasteiger partial charge in [0.05, 0.1) is 17.3 Å². The summed E-state index contributed by atoms with van der Waals surface area (Å²) in [5.74, 6) is -3.51. The van der Waals surface area contributed by atoms with Crippen molar-refractivity contribution in [2.24, 2.45) is 10.2 Å². The third-order valence-electron chi connectivity index (χ3n) is 6.84. The van der Waals surface area contributed by atoms with Crippen LogP contribution in [0.1, 0.15) is 18.1 Å². The van der Waals surface area contributed by atoms with E-state index in [1.54, 1.807) is 0 Å². The van der Waals surface area contributed by atoms with Crippen LogP contribution in [-0.2, 0) is 57.0 Å². The summed E-state index contributed by atoms with van der Waals surface area (Å²) in [5.41, 5.74) is -2.62. The molecule has 0 fully saturated rings. The van der Waals surface area contributed by atoms with Crippen molar-refractivity contribution in [3.63, 3.8) is 0 Å². The van der Waals surface area contributed by atoms with Crippen LogP contribution in [0.2, 0.25) is 0 Å². The minimum absolute atomic E-state index is 0.0732. The highest BCUT2D eigenvalue weighted by Crippen LogP contribution is 2.33. The number of sulfone groups is 1. The van der Waals surface area contributed by atoms with Gasteiger partial charge in [0.1, 0.15) is 16.3 Å². The monoisotopic (exact) mass is 822 g/mol. The van der Waals surface area contributed by atoms with E-state index in [1.165, 1.54) is 26.0 Å². The average Bonchev–Trinajstić information content (AvgIpc) is 3.01. The molecule has 0 amide bonds. The SMILES string of the molecule is CCn1c(O)c(CS(=O)(=O)O)c(C)c(N=Nc2cc(Nc3nc(F)nc(Nc4ccc(S(=O)(=O)CCOS(=O)(=O)O)cc4)n3)ccc2S(=O)(=O)O)c1=O. The smallest absolute Gasteiger partial charge is 0.397 e. The van der Waals surface area contributed by atoms with Gasteiger partial charge in [0.15, 0.2) is 21.4 Å². The summed E-state index contributed by atoms with van der Waals surface area (Å²) < 4.78 is 140. The van der Waals surface area contributed by atoms with E-state index in [9.17, 15) is 57.1 Å². The number of halogens is 1. The van der Waals surface area contributed by atoms with E-state index in [0.717, 1.165) is 34.9 Å². The van der Waals surface area contributed by atoms with Crippen LogP contribution in [0.5, 0.6) is 5.88 Å². The molecule has 4 rings (SSSR count). The summed E-state index contributed by atoms with van der Waals surface area (Å²) in [7, 11) is -18.6. The van der Waals surface area contributed by atoms with Crippen LogP contribution < -0.4 is 16.2 Å². The third kappa shape index (κ3) is 10.8. The van der Waals surface area contributed by atoms with Crippen LogP contribution in [0.15, 0.2) is 67.3 Å². The fraction of sp³-hybridized carbons (Fsp3) is 0.231. The molecular formula is C26H27FN8O14S4. The first kappa shape index (κ1) is 40.7. The van der Waals surface area contributed by atoms with Gasteiger partial charge >= 0.3 is 16.5 Å². The zero-order chi connectivity index (χ0) is 39.5. The highest BCUT2D eigenvalue weighted by molar-refractivity contribution is 7.91. The molecule has 0 saturated carbocycles. The number of rotatable bonds is 15. The van der Waals surface area contributed by atoms with Crippen molar-refractivity contribution >= 4 is 75.1 Å². The van der Waals surface area contributed by atoms with Crippen molar-refractivity contribution in [3.05, 3.63) is 70.0 Å². The lowest BCUT2D eigenvalue weighted by molar-refractivity contribution is 0.284. The molecule has 0 spiro atoms. The molecular weight excluding hydrogens is 796 g/mol. The molecule has 0 aliphatic heterocycles. The Kier molecular flexibility index (Phi) is 11.9. The van der Waals surface area contributed by atoms with Gasteiger partial charge in [0.25, 0.3) is 25.8 Å². The summed E-state index contributed by atoms with van der Waals surface area (Å²) in [5, 5.41) is 23.2. The van der Waals surface area contributed by atoms with E-state index < -0.39 is 104 Å². The van der Waals surface area contributed by atoms with Gasteiger partial charge in [0.2, 0.25) is 11.9 Å². The zero-order valence-corrected chi connectivity index (χ0v) is 30.2. The van der Waals surface area contributed by atoms with Gasteiger partial charge in [-0.25, -0.2) is 12.6 Å². The molecule has 0 aliphatic rings. The second-order valence-corrected chi connectivity index (χ2v) is 16.5. The van der Waals surface area contributed by atoms with Crippen molar-refractivity contribution in [2.45, 2.75) is 35.9 Å². The Morgan fingerprint density at radius 1 is 0.868 bits per heavy atom. The average molecular weight is 823 g/mol. The number of azo groups is 1. The quantitative estimate of drug-likeness (QED) is 0.0740. The Morgan fingerprint density at radius 3 is 2.00 bits per heavy atom. The van der Waals surface area contributed by atoms with Gasteiger partial charge in [-0.2, -0.15) is 44.6 Å². The molecule has 2 aromatic carbocycles. The number of hydrogen-bond acceptors (Lipinski definition) is 18. The van der Waals surface area contributed by atoms with Crippen LogP contribution >= 0.6 is 0 Å². The Morgan fingerprint density at radius 2 is 1.45 bits per heavy atom. The summed E-state index contributed by atoms with van der Waals surface area (Å²) in [4.78, 5) is 22.9. The maximum atomic E-state index is 14.4. The second kappa shape index (κ2) is 15.5. The lowest BCUT2D eigenvalue weighted by Gasteiger charge is -2.14. The van der Waals surface area contributed by atoms with Crippen molar-refractivity contribution in [3.8, 4) is 5.88 Å². The first-order valence-electron chi connectivity index (χ1n) is 14.3. The van der Waals surface area contributed by atoms with E-state index >= 15 is 0 Å². The first-order chi connectivity index (χ1) is 24.5. The summed E-state index contributed by atoms with van der Waals surface area (Å²) >= 11 is 0. The van der Waals surface area contributed by atoms with E-state index in [0.29, 0.717) is 0 Å². The van der Waals surface area contributed by atoms with E-state index in [-0.39, 0.29) is 33.9 Å². The third-order valence-corrected chi connectivity index (χ3v) is 10.6. The number of aromatic hydroxyl groups is 1. The second-order valence-electron chi connectivity index (χ2n) is 10.5. The lowest BCUT2D eigenvalue weighted by Crippen LogP contribution is -2.22. The summed E-state index contributed by atoms with van der Waals surface area (Å²) in [6, 6.07) is 7.68. The molecule has 2 aromatic heterocycles. The lowest BCUT2D eigenvalue weighted by atomic mass is 10.1. The summed E-state index contributed by atoms with van der Waals surface area (Å²) in [6.07, 6.45) is -1.31. The minimum Gasteiger partial charge on any atom is -0.494 e. The van der Waals surface area contributed by atoms with Gasteiger partial charge in [-0.15, -0.1) is 10.2 Å². The molecule has 0 unspecified atom stereocenters. The normalized spacial score (nSPS) is 12.6. The molecule has 0 atom stereocenters. The number of pyridine rings is 1.